The van der Waals surface area contributed by atoms with E-state index in [1.54, 1.807) is 0 Å². The van der Waals surface area contributed by atoms with Crippen molar-refractivity contribution in [3.05, 3.63) is 386 Å². The fourth-order valence-electron chi connectivity index (χ4n) is 8.68. The summed E-state index contributed by atoms with van der Waals surface area (Å²) in [6.07, 6.45) is 3.42. The Labute approximate surface area is 679 Å². The molecule has 0 bridgehead atoms. The van der Waals surface area contributed by atoms with Crippen LogP contribution in [0.3, 0.4) is 0 Å². The molecule has 0 aliphatic rings. The van der Waals surface area contributed by atoms with E-state index in [0.29, 0.717) is 0 Å². The first-order valence-electron chi connectivity index (χ1n) is 41.5. The lowest BCUT2D eigenvalue weighted by atomic mass is 9.78. The van der Waals surface area contributed by atoms with E-state index >= 15 is 0 Å². The molecule has 0 aliphatic carbocycles. The molecule has 0 heteroatoms. The SMILES string of the molecule is C.C.CC.CC.CC.CC.CC.CC.CC.CC.CC.CC.CC.CC.CC.CC(C)(c1ccccc1)c1ccccc1.CCC.CCc1ccccc1.c1ccc(-c2ccccc2)cc1.c1ccc(Cc2ccccc2)cc1.c1ccc2cc3ccccc3cc2c1.c1ccc2ccccc2c1.c1ccccc1. The van der Waals surface area contributed by atoms with Crippen molar-refractivity contribution >= 4 is 32.3 Å². The van der Waals surface area contributed by atoms with Gasteiger partial charge in [-0.2, -0.15) is 0 Å². The van der Waals surface area contributed by atoms with Crippen LogP contribution in [0.15, 0.2) is 358 Å². The summed E-state index contributed by atoms with van der Waals surface area (Å²) in [5.74, 6) is 0. The van der Waals surface area contributed by atoms with Crippen LogP contribution >= 0.6 is 0 Å². The Balaban J connectivity index is -0.000000125. The zero-order valence-electron chi connectivity index (χ0n) is 74.2. The van der Waals surface area contributed by atoms with Gasteiger partial charge in [-0.05, 0) is 96.2 Å². The zero-order valence-corrected chi connectivity index (χ0v) is 74.2. The average molecular weight is 1480 g/mol. The molecule has 0 N–H and O–H groups in total. The smallest absolute Gasteiger partial charge is 0.0146 e. The predicted octanol–water partition coefficient (Wildman–Crippen LogP) is 37.4. The van der Waals surface area contributed by atoms with Gasteiger partial charge < -0.3 is 0 Å². The van der Waals surface area contributed by atoms with E-state index in [0.717, 1.165) is 12.8 Å². The van der Waals surface area contributed by atoms with Crippen LogP contribution in [0.2, 0.25) is 0 Å². The molecule has 0 fully saturated rings. The number of hydrogen-bond donors (Lipinski definition) is 0. The molecule has 0 aliphatic heterocycles. The summed E-state index contributed by atoms with van der Waals surface area (Å²) in [4.78, 5) is 0. The van der Waals surface area contributed by atoms with Gasteiger partial charge in [-0.15, -0.1) is 0 Å². The molecule has 0 saturated carbocycles. The van der Waals surface area contributed by atoms with Crippen molar-refractivity contribution in [1.82, 2.24) is 0 Å². The van der Waals surface area contributed by atoms with Crippen molar-refractivity contribution in [3.8, 4) is 11.1 Å². The molecule has 602 valence electrons. The minimum atomic E-state index is 0. The van der Waals surface area contributed by atoms with Crippen molar-refractivity contribution in [2.75, 3.05) is 0 Å². The Hall–Kier alpha value is -9.36. The predicted molar refractivity (Wildman–Crippen MR) is 517 cm³/mol. The Morgan fingerprint density at radius 1 is 0.183 bits per heavy atom. The van der Waals surface area contributed by atoms with Crippen LogP contribution in [0, 0.1) is 0 Å². The third kappa shape index (κ3) is 61.2. The Bertz CT molecular complexity index is 3300. The van der Waals surface area contributed by atoms with Crippen LogP contribution in [-0.4, -0.2) is 0 Å². The van der Waals surface area contributed by atoms with E-state index in [2.05, 4.69) is 338 Å². The highest BCUT2D eigenvalue weighted by atomic mass is 14.3. The molecule has 109 heavy (non-hydrogen) atoms. The molecular formula is C109H166. The lowest BCUT2D eigenvalue weighted by Crippen LogP contribution is -2.18. The van der Waals surface area contributed by atoms with Gasteiger partial charge in [-0.3, -0.25) is 0 Å². The van der Waals surface area contributed by atoms with Crippen LogP contribution in [0.1, 0.15) is 264 Å². The van der Waals surface area contributed by atoms with Crippen LogP contribution < -0.4 is 0 Å². The van der Waals surface area contributed by atoms with Crippen LogP contribution in [0.4, 0.5) is 0 Å². The number of benzene rings is 13. The highest BCUT2D eigenvalue weighted by Crippen LogP contribution is 2.31. The molecule has 13 aromatic carbocycles. The summed E-state index contributed by atoms with van der Waals surface area (Å²) in [5.41, 5.74) is 9.50. The zero-order chi connectivity index (χ0) is 82.8. The Morgan fingerprint density at radius 2 is 0.330 bits per heavy atom. The fourth-order valence-corrected chi connectivity index (χ4v) is 8.68. The topological polar surface area (TPSA) is 0 Å². The number of fused-ring (bicyclic) bond motifs is 3. The van der Waals surface area contributed by atoms with Gasteiger partial charge >= 0.3 is 0 Å². The molecule has 0 nitrogen and oxygen atoms in total. The van der Waals surface area contributed by atoms with E-state index in [-0.39, 0.29) is 20.3 Å². The molecule has 0 atom stereocenters. The quantitative estimate of drug-likeness (QED) is 0.146. The van der Waals surface area contributed by atoms with Gasteiger partial charge in [0.05, 0.1) is 0 Å². The normalized spacial score (nSPS) is 8.10. The van der Waals surface area contributed by atoms with Gasteiger partial charge in [0.1, 0.15) is 0 Å². The molecule has 13 aromatic rings. The first-order chi connectivity index (χ1) is 52.9. The van der Waals surface area contributed by atoms with Gasteiger partial charge in [0.2, 0.25) is 0 Å². The van der Waals surface area contributed by atoms with E-state index in [1.165, 1.54) is 77.7 Å². The second kappa shape index (κ2) is 98.6. The largest absolute Gasteiger partial charge is 0.0776 e. The van der Waals surface area contributed by atoms with Gasteiger partial charge in [-0.25, -0.2) is 0 Å². The maximum absolute atomic E-state index is 2.26. The third-order valence-corrected chi connectivity index (χ3v) is 13.2. The first-order valence-corrected chi connectivity index (χ1v) is 41.5. The van der Waals surface area contributed by atoms with Crippen LogP contribution in [-0.2, 0) is 18.3 Å². The van der Waals surface area contributed by atoms with Crippen molar-refractivity contribution in [1.29, 1.82) is 0 Å². The summed E-state index contributed by atoms with van der Waals surface area (Å²) in [5, 5.41) is 7.87. The first kappa shape index (κ1) is 121. The minimum absolute atomic E-state index is 0. The summed E-state index contributed by atoms with van der Waals surface area (Å²) in [7, 11) is 0. The van der Waals surface area contributed by atoms with E-state index in [4.69, 9.17) is 0 Å². The van der Waals surface area contributed by atoms with E-state index in [1.807, 2.05) is 235 Å². The number of hydrogen-bond acceptors (Lipinski definition) is 0. The molecule has 0 amide bonds. The average Bonchev–Trinajstić information content (AvgIpc) is 0.817. The maximum atomic E-state index is 2.26. The van der Waals surface area contributed by atoms with Gasteiger partial charge in [0, 0.05) is 5.41 Å². The summed E-state index contributed by atoms with van der Waals surface area (Å²) < 4.78 is 0. The van der Waals surface area contributed by atoms with Crippen LogP contribution in [0.5, 0.6) is 0 Å². The van der Waals surface area contributed by atoms with E-state index < -0.39 is 0 Å². The highest BCUT2D eigenvalue weighted by Gasteiger charge is 2.22. The molecule has 0 spiro atoms. The monoisotopic (exact) mass is 1480 g/mol. The summed E-state index contributed by atoms with van der Waals surface area (Å²) in [6.45, 7) is 62.9. The molecule has 0 radical (unpaired) electrons. The van der Waals surface area contributed by atoms with Gasteiger partial charge in [0.25, 0.3) is 0 Å². The second-order valence-corrected chi connectivity index (χ2v) is 19.8. The summed E-state index contributed by atoms with van der Waals surface area (Å²) >= 11 is 0. The van der Waals surface area contributed by atoms with E-state index in [9.17, 15) is 0 Å². The lowest BCUT2D eigenvalue weighted by molar-refractivity contribution is 0.641. The minimum Gasteiger partial charge on any atom is -0.0776 e. The van der Waals surface area contributed by atoms with Crippen LogP contribution in [0.25, 0.3) is 43.4 Å². The molecular weight excluding hydrogens is 1310 g/mol. The number of aryl methyl sites for hydroxylation is 1. The highest BCUT2D eigenvalue weighted by molar-refractivity contribution is 5.98. The number of rotatable bonds is 6. The van der Waals surface area contributed by atoms with Crippen molar-refractivity contribution in [2.45, 2.75) is 254 Å². The standard InChI is InChI=1S/C15H16.C14H10.C13H12.C12H10.C10H8.C8H10.C6H6.C3H8.13C2H6.2CH4/c1-15(2,13-9-5-3-6-10-13)14-11-7-4-8-12-14;1-2-6-12-10-14-8-4-3-7-13(14)9-11(12)5-1;1-3-7-12(8-4-1)11-13-9-5-2-6-10-13;1-3-7-11(8-4-1)12-9-5-2-6-10-12;1-2-6-10-8-4-3-7-9(10)5-1;1-2-8-6-4-3-5-7-8;1-2-4-6-5-3-1;1-3-2;13*1-2;;/h3-12H,1-2H3;1-10H;1-10H,11H2;1-10H;1-8H;3-7H,2H2,1H3;1-6H;3H2,1-2H3;13*1-2H3;2*1H4. The molecule has 0 unspecified atom stereocenters. The second-order valence-electron chi connectivity index (χ2n) is 19.8. The maximum Gasteiger partial charge on any atom is 0.0146 e. The van der Waals surface area contributed by atoms with Crippen molar-refractivity contribution in [3.63, 3.8) is 0 Å². The Morgan fingerprint density at radius 3 is 0.514 bits per heavy atom. The lowest BCUT2D eigenvalue weighted by Gasteiger charge is -2.25. The molecule has 0 aromatic heterocycles. The molecule has 0 heterocycles. The molecule has 0 saturated heterocycles. The third-order valence-electron chi connectivity index (χ3n) is 13.2. The van der Waals surface area contributed by atoms with Gasteiger partial charge in [0.15, 0.2) is 0 Å². The fraction of sp³-hybridized carbons (Fsp3) is 0.339. The molecule has 13 rings (SSSR count). The Kier molecular flexibility index (Phi) is 109. The van der Waals surface area contributed by atoms with Crippen molar-refractivity contribution < 1.29 is 0 Å². The van der Waals surface area contributed by atoms with Gasteiger partial charge in [-0.1, -0.05) is 582 Å². The van der Waals surface area contributed by atoms with Crippen molar-refractivity contribution in [2.24, 2.45) is 0 Å². The summed E-state index contributed by atoms with van der Waals surface area (Å²) in [6, 6.07) is 124.